The Morgan fingerprint density at radius 1 is 1.37 bits per heavy atom. The van der Waals surface area contributed by atoms with Gasteiger partial charge in [0.15, 0.2) is 0 Å². The molecule has 19 heavy (non-hydrogen) atoms. The Hall–Kier alpha value is -1.27. The van der Waals surface area contributed by atoms with Crippen LogP contribution in [0.4, 0.5) is 0 Å². The van der Waals surface area contributed by atoms with E-state index >= 15 is 0 Å². The molecule has 2 aromatic heterocycles. The summed E-state index contributed by atoms with van der Waals surface area (Å²) < 4.78 is 1.93. The van der Waals surface area contributed by atoms with E-state index in [0.717, 1.165) is 31.2 Å². The van der Waals surface area contributed by atoms with Crippen LogP contribution in [0.2, 0.25) is 0 Å². The molecule has 6 heteroatoms. The molecule has 0 N–H and O–H groups in total. The van der Waals surface area contributed by atoms with E-state index in [1.165, 1.54) is 5.01 Å². The van der Waals surface area contributed by atoms with Crippen LogP contribution in [-0.4, -0.2) is 31.7 Å². The third-order valence-corrected chi connectivity index (χ3v) is 4.10. The minimum absolute atomic E-state index is 0.507. The average Bonchev–Trinajstić information content (AvgIpc) is 2.97. The fourth-order valence-corrected chi connectivity index (χ4v) is 2.74. The van der Waals surface area contributed by atoms with Crippen LogP contribution in [0, 0.1) is 0 Å². The van der Waals surface area contributed by atoms with E-state index in [4.69, 9.17) is 0 Å². The molecule has 0 fully saturated rings. The van der Waals surface area contributed by atoms with E-state index in [9.17, 15) is 0 Å². The summed E-state index contributed by atoms with van der Waals surface area (Å²) in [5.41, 5.74) is 1.14. The molecule has 0 aromatic carbocycles. The van der Waals surface area contributed by atoms with Gasteiger partial charge in [0.25, 0.3) is 0 Å². The number of hydrogen-bond acceptors (Lipinski definition) is 5. The molecule has 0 amide bonds. The predicted octanol–water partition coefficient (Wildman–Crippen LogP) is 2.51. The van der Waals surface area contributed by atoms with E-state index in [0.29, 0.717) is 5.92 Å². The molecule has 0 radical (unpaired) electrons. The summed E-state index contributed by atoms with van der Waals surface area (Å²) in [5, 5.41) is 7.55. The van der Waals surface area contributed by atoms with Crippen LogP contribution in [0.1, 0.15) is 43.2 Å². The lowest BCUT2D eigenvalue weighted by atomic mass is 10.2. The van der Waals surface area contributed by atoms with Gasteiger partial charge in [-0.05, 0) is 14.0 Å². The number of hydrogen-bond donors (Lipinski definition) is 0. The maximum atomic E-state index is 4.66. The Bertz CT molecular complexity index is 517. The van der Waals surface area contributed by atoms with Crippen LogP contribution < -0.4 is 0 Å². The lowest BCUT2D eigenvalue weighted by Gasteiger charge is -2.14. The molecule has 104 valence electrons. The fourth-order valence-electron chi connectivity index (χ4n) is 1.91. The lowest BCUT2D eigenvalue weighted by Crippen LogP contribution is -2.20. The summed E-state index contributed by atoms with van der Waals surface area (Å²) in [6.45, 7) is 8.93. The second-order valence-corrected chi connectivity index (χ2v) is 5.89. The molecular formula is C13H21N5S. The van der Waals surface area contributed by atoms with Crippen molar-refractivity contribution in [3.63, 3.8) is 0 Å². The van der Waals surface area contributed by atoms with Crippen LogP contribution >= 0.6 is 11.3 Å². The Labute approximate surface area is 118 Å². The summed E-state index contributed by atoms with van der Waals surface area (Å²) in [4.78, 5) is 11.2. The van der Waals surface area contributed by atoms with Crippen molar-refractivity contribution in [2.75, 3.05) is 7.05 Å². The Morgan fingerprint density at radius 2 is 2.16 bits per heavy atom. The summed E-state index contributed by atoms with van der Waals surface area (Å²) >= 11 is 1.74. The molecule has 0 spiro atoms. The van der Waals surface area contributed by atoms with E-state index in [2.05, 4.69) is 53.2 Å². The van der Waals surface area contributed by atoms with Crippen LogP contribution in [0.5, 0.6) is 0 Å². The first-order chi connectivity index (χ1) is 9.10. The zero-order valence-electron chi connectivity index (χ0n) is 12.0. The molecule has 0 unspecified atom stereocenters. The number of thiazole rings is 1. The van der Waals surface area contributed by atoms with Gasteiger partial charge in [-0.2, -0.15) is 5.10 Å². The maximum absolute atomic E-state index is 4.66. The van der Waals surface area contributed by atoms with Crippen molar-refractivity contribution in [2.45, 2.75) is 46.3 Å². The van der Waals surface area contributed by atoms with Crippen molar-refractivity contribution in [3.05, 3.63) is 28.2 Å². The normalized spacial score (nSPS) is 11.7. The van der Waals surface area contributed by atoms with Gasteiger partial charge in [0.05, 0.1) is 17.2 Å². The van der Waals surface area contributed by atoms with Crippen molar-refractivity contribution in [2.24, 2.45) is 0 Å². The third kappa shape index (κ3) is 3.61. The molecule has 0 saturated carbocycles. The van der Waals surface area contributed by atoms with Crippen molar-refractivity contribution in [3.8, 4) is 0 Å². The quantitative estimate of drug-likeness (QED) is 0.815. The first-order valence-electron chi connectivity index (χ1n) is 6.59. The van der Waals surface area contributed by atoms with Crippen LogP contribution in [-0.2, 0) is 19.6 Å². The van der Waals surface area contributed by atoms with Crippen LogP contribution in [0.25, 0.3) is 0 Å². The molecule has 0 aliphatic carbocycles. The topological polar surface area (TPSA) is 46.8 Å². The number of aromatic nitrogens is 4. The average molecular weight is 279 g/mol. The molecule has 2 heterocycles. The smallest absolute Gasteiger partial charge is 0.140 e. The molecule has 0 saturated heterocycles. The van der Waals surface area contributed by atoms with Crippen molar-refractivity contribution >= 4 is 11.3 Å². The Balaban J connectivity index is 1.95. The van der Waals surface area contributed by atoms with Gasteiger partial charge in [-0.3, -0.25) is 4.90 Å². The van der Waals surface area contributed by atoms with Gasteiger partial charge in [0, 0.05) is 24.4 Å². The number of rotatable bonds is 6. The Morgan fingerprint density at radius 3 is 2.79 bits per heavy atom. The van der Waals surface area contributed by atoms with Crippen molar-refractivity contribution in [1.29, 1.82) is 0 Å². The predicted molar refractivity (Wildman–Crippen MR) is 77.1 cm³/mol. The molecule has 0 aliphatic heterocycles. The van der Waals surface area contributed by atoms with E-state index in [1.54, 1.807) is 17.7 Å². The maximum Gasteiger partial charge on any atom is 0.140 e. The fraction of sp³-hybridized carbons (Fsp3) is 0.615. The first-order valence-corrected chi connectivity index (χ1v) is 7.47. The van der Waals surface area contributed by atoms with Gasteiger partial charge in [0.2, 0.25) is 0 Å². The molecule has 0 atom stereocenters. The standard InChI is InChI=1S/C13H21N5S/c1-5-18-12(14-9-15-18)7-17(4)6-11-8-19-13(16-11)10(2)3/h8-10H,5-7H2,1-4H3. The van der Waals surface area contributed by atoms with Crippen molar-refractivity contribution < 1.29 is 0 Å². The van der Waals surface area contributed by atoms with Gasteiger partial charge >= 0.3 is 0 Å². The van der Waals surface area contributed by atoms with E-state index < -0.39 is 0 Å². The zero-order valence-corrected chi connectivity index (χ0v) is 12.8. The molecule has 2 rings (SSSR count). The molecule has 0 bridgehead atoms. The Kier molecular flexibility index (Phi) is 4.66. The highest BCUT2D eigenvalue weighted by atomic mass is 32.1. The first kappa shape index (κ1) is 14.1. The minimum atomic E-state index is 0.507. The van der Waals surface area contributed by atoms with Gasteiger partial charge < -0.3 is 0 Å². The van der Waals surface area contributed by atoms with E-state index in [1.807, 2.05) is 4.68 Å². The highest BCUT2D eigenvalue weighted by Crippen LogP contribution is 2.20. The minimum Gasteiger partial charge on any atom is -0.293 e. The van der Waals surface area contributed by atoms with Crippen LogP contribution in [0.3, 0.4) is 0 Å². The van der Waals surface area contributed by atoms with Crippen molar-refractivity contribution in [1.82, 2.24) is 24.6 Å². The second-order valence-electron chi connectivity index (χ2n) is 5.00. The molecular weight excluding hydrogens is 258 g/mol. The highest BCUT2D eigenvalue weighted by molar-refractivity contribution is 7.09. The highest BCUT2D eigenvalue weighted by Gasteiger charge is 2.10. The summed E-state index contributed by atoms with van der Waals surface area (Å²) in [6, 6.07) is 0. The van der Waals surface area contributed by atoms with Gasteiger partial charge in [-0.25, -0.2) is 14.6 Å². The lowest BCUT2D eigenvalue weighted by molar-refractivity contribution is 0.300. The van der Waals surface area contributed by atoms with Crippen LogP contribution in [0.15, 0.2) is 11.7 Å². The summed E-state index contributed by atoms with van der Waals surface area (Å²) in [6.07, 6.45) is 1.62. The summed E-state index contributed by atoms with van der Waals surface area (Å²) in [5.74, 6) is 1.51. The van der Waals surface area contributed by atoms with E-state index in [-0.39, 0.29) is 0 Å². The molecule has 2 aromatic rings. The largest absolute Gasteiger partial charge is 0.293 e. The monoisotopic (exact) mass is 279 g/mol. The molecule has 0 aliphatic rings. The van der Waals surface area contributed by atoms with Gasteiger partial charge in [-0.1, -0.05) is 13.8 Å². The zero-order chi connectivity index (χ0) is 13.8. The molecule has 5 nitrogen and oxygen atoms in total. The third-order valence-electron chi connectivity index (χ3n) is 2.90. The SMILES string of the molecule is CCn1ncnc1CN(C)Cc1csc(C(C)C)n1. The summed E-state index contributed by atoms with van der Waals surface area (Å²) in [7, 11) is 2.09. The number of aryl methyl sites for hydroxylation is 1. The van der Waals surface area contributed by atoms with Gasteiger partial charge in [-0.15, -0.1) is 11.3 Å². The van der Waals surface area contributed by atoms with Gasteiger partial charge in [0.1, 0.15) is 12.2 Å². The number of nitrogens with zero attached hydrogens (tertiary/aromatic N) is 5. The second kappa shape index (κ2) is 6.25.